The maximum atomic E-state index is 11.7. The molecule has 0 unspecified atom stereocenters. The van der Waals surface area contributed by atoms with Crippen LogP contribution >= 0.6 is 11.3 Å². The third-order valence-electron chi connectivity index (χ3n) is 3.70. The van der Waals surface area contributed by atoms with Crippen molar-refractivity contribution < 1.29 is 14.7 Å². The zero-order valence-electron chi connectivity index (χ0n) is 11.2. The molecule has 2 rings (SSSR count). The molecular weight excluding hydrogens is 274 g/mol. The fourth-order valence-electron chi connectivity index (χ4n) is 2.46. The van der Waals surface area contributed by atoms with Gasteiger partial charge in [0.05, 0.1) is 5.92 Å². The molecular formula is C15H19NO3S. The molecule has 0 aliphatic heterocycles. The fourth-order valence-corrected chi connectivity index (χ4v) is 3.08. The second kappa shape index (κ2) is 7.24. The van der Waals surface area contributed by atoms with Gasteiger partial charge in [-0.2, -0.15) is 0 Å². The quantitative estimate of drug-likeness (QED) is 0.820. The van der Waals surface area contributed by atoms with Crippen LogP contribution in [0.3, 0.4) is 0 Å². The summed E-state index contributed by atoms with van der Waals surface area (Å²) >= 11 is 1.59. The SMILES string of the molecule is O=C(C=Cc1cccs1)NCC1CCC(C(=O)O)CC1. The minimum Gasteiger partial charge on any atom is -0.481 e. The van der Waals surface area contributed by atoms with E-state index in [0.29, 0.717) is 12.5 Å². The Hall–Kier alpha value is -1.62. The molecule has 5 heteroatoms. The number of thiophene rings is 1. The van der Waals surface area contributed by atoms with Crippen molar-refractivity contribution in [3.8, 4) is 0 Å². The number of nitrogens with one attached hydrogen (secondary N) is 1. The molecule has 1 aliphatic carbocycles. The summed E-state index contributed by atoms with van der Waals surface area (Å²) < 4.78 is 0. The van der Waals surface area contributed by atoms with Crippen molar-refractivity contribution in [1.29, 1.82) is 0 Å². The molecule has 0 aromatic carbocycles. The summed E-state index contributed by atoms with van der Waals surface area (Å²) in [7, 11) is 0. The highest BCUT2D eigenvalue weighted by Gasteiger charge is 2.25. The second-order valence-electron chi connectivity index (χ2n) is 5.15. The molecule has 1 amide bonds. The number of aliphatic carboxylic acids is 1. The van der Waals surface area contributed by atoms with Crippen LogP contribution in [0.1, 0.15) is 30.6 Å². The summed E-state index contributed by atoms with van der Waals surface area (Å²) in [6.45, 7) is 0.639. The third-order valence-corrected chi connectivity index (χ3v) is 4.54. The molecule has 0 spiro atoms. The lowest BCUT2D eigenvalue weighted by Gasteiger charge is -2.25. The van der Waals surface area contributed by atoms with E-state index >= 15 is 0 Å². The van der Waals surface area contributed by atoms with Crippen LogP contribution in [0.25, 0.3) is 6.08 Å². The molecule has 1 saturated carbocycles. The van der Waals surface area contributed by atoms with E-state index in [0.717, 1.165) is 30.6 Å². The van der Waals surface area contributed by atoms with Crippen molar-refractivity contribution in [2.24, 2.45) is 11.8 Å². The third kappa shape index (κ3) is 4.49. The summed E-state index contributed by atoms with van der Waals surface area (Å²) in [5, 5.41) is 13.8. The standard InChI is InChI=1S/C15H19NO3S/c17-14(8-7-13-2-1-9-20-13)16-10-11-3-5-12(6-4-11)15(18)19/h1-2,7-9,11-12H,3-6,10H2,(H,16,17)(H,18,19). The predicted octanol–water partition coefficient (Wildman–Crippen LogP) is 2.77. The Balaban J connectivity index is 1.68. The Labute approximate surface area is 122 Å². The van der Waals surface area contributed by atoms with Crippen molar-refractivity contribution in [3.63, 3.8) is 0 Å². The van der Waals surface area contributed by atoms with Crippen LogP contribution in [0, 0.1) is 11.8 Å². The average Bonchev–Trinajstić information content (AvgIpc) is 2.96. The predicted molar refractivity (Wildman–Crippen MR) is 79.4 cm³/mol. The van der Waals surface area contributed by atoms with Crippen LogP contribution < -0.4 is 5.32 Å². The molecule has 108 valence electrons. The van der Waals surface area contributed by atoms with Crippen molar-refractivity contribution in [2.75, 3.05) is 6.54 Å². The largest absolute Gasteiger partial charge is 0.481 e. The molecule has 0 saturated heterocycles. The summed E-state index contributed by atoms with van der Waals surface area (Å²) in [5.74, 6) is -0.560. The van der Waals surface area contributed by atoms with Crippen LogP contribution in [0.5, 0.6) is 0 Å². The van der Waals surface area contributed by atoms with Crippen LogP contribution in [-0.2, 0) is 9.59 Å². The average molecular weight is 293 g/mol. The summed E-state index contributed by atoms with van der Waals surface area (Å²) in [6, 6.07) is 3.91. The van der Waals surface area contributed by atoms with Crippen molar-refractivity contribution >= 4 is 29.3 Å². The van der Waals surface area contributed by atoms with E-state index in [1.54, 1.807) is 23.5 Å². The van der Waals surface area contributed by atoms with Crippen LogP contribution in [0.15, 0.2) is 23.6 Å². The summed E-state index contributed by atoms with van der Waals surface area (Å²) in [4.78, 5) is 23.6. The van der Waals surface area contributed by atoms with Gasteiger partial charge in [-0.05, 0) is 49.1 Å². The van der Waals surface area contributed by atoms with Crippen molar-refractivity contribution in [2.45, 2.75) is 25.7 Å². The van der Waals surface area contributed by atoms with Gasteiger partial charge in [0, 0.05) is 17.5 Å². The topological polar surface area (TPSA) is 66.4 Å². The second-order valence-corrected chi connectivity index (χ2v) is 6.13. The lowest BCUT2D eigenvalue weighted by atomic mass is 9.82. The van der Waals surface area contributed by atoms with Gasteiger partial charge in [0.2, 0.25) is 5.91 Å². The monoisotopic (exact) mass is 293 g/mol. The maximum absolute atomic E-state index is 11.7. The number of hydrogen-bond donors (Lipinski definition) is 2. The number of hydrogen-bond acceptors (Lipinski definition) is 3. The van der Waals surface area contributed by atoms with E-state index < -0.39 is 5.97 Å². The van der Waals surface area contributed by atoms with Crippen LogP contribution in [0.2, 0.25) is 0 Å². The first kappa shape index (κ1) is 14.8. The molecule has 0 bridgehead atoms. The van der Waals surface area contributed by atoms with Crippen molar-refractivity contribution in [3.05, 3.63) is 28.5 Å². The molecule has 4 nitrogen and oxygen atoms in total. The molecule has 20 heavy (non-hydrogen) atoms. The molecule has 1 aromatic heterocycles. The van der Waals surface area contributed by atoms with Gasteiger partial charge in [-0.25, -0.2) is 0 Å². The van der Waals surface area contributed by atoms with E-state index in [9.17, 15) is 9.59 Å². The highest BCUT2D eigenvalue weighted by atomic mass is 32.1. The molecule has 1 aliphatic rings. The minimum absolute atomic E-state index is 0.0845. The Morgan fingerprint density at radius 2 is 2.10 bits per heavy atom. The van der Waals surface area contributed by atoms with E-state index in [-0.39, 0.29) is 11.8 Å². The van der Waals surface area contributed by atoms with Crippen molar-refractivity contribution in [1.82, 2.24) is 5.32 Å². The number of carbonyl (C=O) groups is 2. The Morgan fingerprint density at radius 3 is 2.70 bits per heavy atom. The summed E-state index contributed by atoms with van der Waals surface area (Å²) in [5.41, 5.74) is 0. The first-order chi connectivity index (χ1) is 9.65. The minimum atomic E-state index is -0.689. The number of carbonyl (C=O) groups excluding carboxylic acids is 1. The number of amides is 1. The normalized spacial score (nSPS) is 22.8. The Morgan fingerprint density at radius 1 is 1.35 bits per heavy atom. The van der Waals surface area contributed by atoms with Gasteiger partial charge in [0.25, 0.3) is 0 Å². The van der Waals surface area contributed by atoms with Gasteiger partial charge in [0.15, 0.2) is 0 Å². The molecule has 2 N–H and O–H groups in total. The van der Waals surface area contributed by atoms with E-state index in [1.807, 2.05) is 17.5 Å². The highest BCUT2D eigenvalue weighted by molar-refractivity contribution is 7.10. The van der Waals surface area contributed by atoms with Gasteiger partial charge in [0.1, 0.15) is 0 Å². The molecule has 1 heterocycles. The molecule has 0 radical (unpaired) electrons. The molecule has 0 atom stereocenters. The molecule has 1 aromatic rings. The fraction of sp³-hybridized carbons (Fsp3) is 0.467. The van der Waals surface area contributed by atoms with E-state index in [4.69, 9.17) is 5.11 Å². The molecule has 1 fully saturated rings. The van der Waals surface area contributed by atoms with Gasteiger partial charge in [-0.3, -0.25) is 9.59 Å². The zero-order valence-corrected chi connectivity index (χ0v) is 12.1. The maximum Gasteiger partial charge on any atom is 0.306 e. The van der Waals surface area contributed by atoms with Crippen LogP contribution in [0.4, 0.5) is 0 Å². The van der Waals surface area contributed by atoms with Gasteiger partial charge in [-0.15, -0.1) is 11.3 Å². The van der Waals surface area contributed by atoms with Crippen LogP contribution in [-0.4, -0.2) is 23.5 Å². The van der Waals surface area contributed by atoms with E-state index in [2.05, 4.69) is 5.32 Å². The number of carboxylic acid groups (broad SMARTS) is 1. The van der Waals surface area contributed by atoms with Gasteiger partial charge < -0.3 is 10.4 Å². The Bertz CT molecular complexity index is 473. The van der Waals surface area contributed by atoms with E-state index in [1.165, 1.54) is 0 Å². The first-order valence-electron chi connectivity index (χ1n) is 6.87. The van der Waals surface area contributed by atoms with Gasteiger partial charge in [-0.1, -0.05) is 6.07 Å². The first-order valence-corrected chi connectivity index (χ1v) is 7.75. The lowest BCUT2D eigenvalue weighted by Crippen LogP contribution is -2.31. The Kier molecular flexibility index (Phi) is 5.35. The smallest absolute Gasteiger partial charge is 0.306 e. The highest BCUT2D eigenvalue weighted by Crippen LogP contribution is 2.28. The van der Waals surface area contributed by atoms with Gasteiger partial charge >= 0.3 is 5.97 Å². The zero-order chi connectivity index (χ0) is 14.4. The lowest BCUT2D eigenvalue weighted by molar-refractivity contribution is -0.143. The summed E-state index contributed by atoms with van der Waals surface area (Å²) in [6.07, 6.45) is 6.57. The number of rotatable bonds is 5. The number of carboxylic acids is 1.